The summed E-state index contributed by atoms with van der Waals surface area (Å²) in [6, 6.07) is 9.70. The van der Waals surface area contributed by atoms with Crippen LogP contribution in [0, 0.1) is 5.92 Å². The van der Waals surface area contributed by atoms with Gasteiger partial charge in [0.05, 0.1) is 0 Å². The van der Waals surface area contributed by atoms with E-state index in [-0.39, 0.29) is 18.6 Å². The molecule has 1 aliphatic rings. The molecule has 4 heteroatoms. The molecule has 0 aliphatic heterocycles. The van der Waals surface area contributed by atoms with Crippen molar-refractivity contribution < 1.29 is 15.0 Å². The summed E-state index contributed by atoms with van der Waals surface area (Å²) in [6.07, 6.45) is 2.80. The van der Waals surface area contributed by atoms with Crippen LogP contribution < -0.4 is 0 Å². The van der Waals surface area contributed by atoms with E-state index < -0.39 is 6.09 Å². The quantitative estimate of drug-likeness (QED) is 0.878. The first kappa shape index (κ1) is 13.9. The van der Waals surface area contributed by atoms with Gasteiger partial charge in [0.15, 0.2) is 0 Å². The number of aliphatic hydroxyl groups is 1. The SMILES string of the molecule is O=C(O)N(Cc1ccccc1)[C@@H]1CCC[C@@H](CO)C1. The Bertz CT molecular complexity index is 407. The van der Waals surface area contributed by atoms with E-state index in [0.29, 0.717) is 6.54 Å². The molecule has 1 aliphatic carbocycles. The standard InChI is InChI=1S/C15H21NO3/c17-11-13-7-4-8-14(9-13)16(15(18)19)10-12-5-2-1-3-6-12/h1-3,5-6,13-14,17H,4,7-11H2,(H,18,19)/t13-,14-/m1/s1. The Morgan fingerprint density at radius 2 is 2.00 bits per heavy atom. The Labute approximate surface area is 113 Å². The summed E-state index contributed by atoms with van der Waals surface area (Å²) in [4.78, 5) is 13.0. The number of hydrogen-bond acceptors (Lipinski definition) is 2. The fourth-order valence-electron chi connectivity index (χ4n) is 2.84. The topological polar surface area (TPSA) is 60.8 Å². The van der Waals surface area contributed by atoms with E-state index in [4.69, 9.17) is 0 Å². The summed E-state index contributed by atoms with van der Waals surface area (Å²) in [6.45, 7) is 0.592. The van der Waals surface area contributed by atoms with E-state index in [1.165, 1.54) is 4.90 Å². The molecule has 0 bridgehead atoms. The van der Waals surface area contributed by atoms with Gasteiger partial charge < -0.3 is 15.1 Å². The van der Waals surface area contributed by atoms with Crippen LogP contribution in [0.5, 0.6) is 0 Å². The maximum absolute atomic E-state index is 11.5. The molecule has 4 nitrogen and oxygen atoms in total. The Kier molecular flexibility index (Phi) is 4.80. The molecule has 1 amide bonds. The number of amides is 1. The molecule has 1 aromatic rings. The van der Waals surface area contributed by atoms with E-state index in [1.54, 1.807) is 0 Å². The van der Waals surface area contributed by atoms with E-state index in [9.17, 15) is 15.0 Å². The second kappa shape index (κ2) is 6.57. The predicted molar refractivity (Wildman–Crippen MR) is 72.8 cm³/mol. The Morgan fingerprint density at radius 3 is 2.63 bits per heavy atom. The fourth-order valence-corrected chi connectivity index (χ4v) is 2.84. The third-order valence-corrected chi connectivity index (χ3v) is 3.90. The van der Waals surface area contributed by atoms with Crippen molar-refractivity contribution in [1.82, 2.24) is 4.90 Å². The van der Waals surface area contributed by atoms with E-state index in [1.807, 2.05) is 30.3 Å². The van der Waals surface area contributed by atoms with Crippen molar-refractivity contribution in [1.29, 1.82) is 0 Å². The highest BCUT2D eigenvalue weighted by Gasteiger charge is 2.29. The van der Waals surface area contributed by atoms with Gasteiger partial charge in [0.1, 0.15) is 0 Å². The minimum atomic E-state index is -0.868. The summed E-state index contributed by atoms with van der Waals surface area (Å²) in [5.41, 5.74) is 1.01. The first-order valence-electron chi connectivity index (χ1n) is 6.85. The van der Waals surface area contributed by atoms with Crippen LogP contribution in [0.3, 0.4) is 0 Å². The minimum Gasteiger partial charge on any atom is -0.465 e. The third kappa shape index (κ3) is 3.70. The zero-order chi connectivity index (χ0) is 13.7. The lowest BCUT2D eigenvalue weighted by Crippen LogP contribution is -2.42. The zero-order valence-electron chi connectivity index (χ0n) is 11.0. The molecule has 0 spiro atoms. The van der Waals surface area contributed by atoms with E-state index >= 15 is 0 Å². The second-order valence-corrected chi connectivity index (χ2v) is 5.27. The van der Waals surface area contributed by atoms with Gasteiger partial charge in [-0.3, -0.25) is 0 Å². The number of rotatable bonds is 4. The lowest BCUT2D eigenvalue weighted by atomic mass is 9.85. The maximum Gasteiger partial charge on any atom is 0.407 e. The van der Waals surface area contributed by atoms with E-state index in [0.717, 1.165) is 31.2 Å². The van der Waals surface area contributed by atoms with Gasteiger partial charge in [-0.2, -0.15) is 0 Å². The normalized spacial score (nSPS) is 23.0. The molecule has 0 radical (unpaired) electrons. The molecular formula is C15H21NO3. The molecule has 2 atom stereocenters. The lowest BCUT2D eigenvalue weighted by Gasteiger charge is -2.35. The monoisotopic (exact) mass is 263 g/mol. The van der Waals surface area contributed by atoms with Gasteiger partial charge in [0, 0.05) is 19.2 Å². The van der Waals surface area contributed by atoms with Crippen LogP contribution in [0.25, 0.3) is 0 Å². The van der Waals surface area contributed by atoms with Crippen LogP contribution in [0.2, 0.25) is 0 Å². The van der Waals surface area contributed by atoms with Crippen molar-refractivity contribution in [3.05, 3.63) is 35.9 Å². The highest BCUT2D eigenvalue weighted by atomic mass is 16.4. The highest BCUT2D eigenvalue weighted by molar-refractivity contribution is 5.65. The van der Waals surface area contributed by atoms with Crippen molar-refractivity contribution >= 4 is 6.09 Å². The Hall–Kier alpha value is -1.55. The van der Waals surface area contributed by atoms with Crippen LogP contribution in [-0.4, -0.2) is 33.9 Å². The van der Waals surface area contributed by atoms with Crippen LogP contribution >= 0.6 is 0 Å². The molecule has 104 valence electrons. The summed E-state index contributed by atoms with van der Waals surface area (Å²) >= 11 is 0. The summed E-state index contributed by atoms with van der Waals surface area (Å²) < 4.78 is 0. The van der Waals surface area contributed by atoms with Crippen molar-refractivity contribution in [3.8, 4) is 0 Å². The molecule has 1 aromatic carbocycles. The first-order valence-corrected chi connectivity index (χ1v) is 6.85. The first-order chi connectivity index (χ1) is 9.20. The van der Waals surface area contributed by atoms with Crippen LogP contribution in [0.4, 0.5) is 4.79 Å². The summed E-state index contributed by atoms with van der Waals surface area (Å²) in [7, 11) is 0. The molecule has 0 saturated heterocycles. The number of carboxylic acid groups (broad SMARTS) is 1. The molecule has 0 unspecified atom stereocenters. The van der Waals surface area contributed by atoms with Crippen LogP contribution in [0.1, 0.15) is 31.2 Å². The van der Waals surface area contributed by atoms with Gasteiger partial charge in [-0.1, -0.05) is 36.8 Å². The number of hydrogen-bond donors (Lipinski definition) is 2. The van der Waals surface area contributed by atoms with Crippen molar-refractivity contribution in [2.45, 2.75) is 38.3 Å². The number of aliphatic hydroxyl groups excluding tert-OH is 1. The summed E-state index contributed by atoms with van der Waals surface area (Å²) in [5, 5.41) is 18.7. The molecule has 1 saturated carbocycles. The van der Waals surface area contributed by atoms with Crippen LogP contribution in [-0.2, 0) is 6.54 Å². The number of benzene rings is 1. The molecule has 1 fully saturated rings. The average molecular weight is 263 g/mol. The number of nitrogens with zero attached hydrogens (tertiary/aromatic N) is 1. The predicted octanol–water partition coefficient (Wildman–Crippen LogP) is 2.72. The second-order valence-electron chi connectivity index (χ2n) is 5.27. The van der Waals surface area contributed by atoms with Crippen molar-refractivity contribution in [3.63, 3.8) is 0 Å². The van der Waals surface area contributed by atoms with Gasteiger partial charge in [0.25, 0.3) is 0 Å². The zero-order valence-corrected chi connectivity index (χ0v) is 11.0. The summed E-state index contributed by atoms with van der Waals surface area (Å²) in [5.74, 6) is 0.247. The third-order valence-electron chi connectivity index (χ3n) is 3.90. The highest BCUT2D eigenvalue weighted by Crippen LogP contribution is 2.28. The van der Waals surface area contributed by atoms with Crippen molar-refractivity contribution in [2.75, 3.05) is 6.61 Å². The number of carbonyl (C=O) groups is 1. The van der Waals surface area contributed by atoms with Crippen LogP contribution in [0.15, 0.2) is 30.3 Å². The fraction of sp³-hybridized carbons (Fsp3) is 0.533. The molecule has 19 heavy (non-hydrogen) atoms. The molecule has 2 N–H and O–H groups in total. The molecular weight excluding hydrogens is 242 g/mol. The molecule has 0 heterocycles. The van der Waals surface area contributed by atoms with Crippen molar-refractivity contribution in [2.24, 2.45) is 5.92 Å². The lowest BCUT2D eigenvalue weighted by molar-refractivity contribution is 0.0825. The van der Waals surface area contributed by atoms with Gasteiger partial charge in [0.2, 0.25) is 0 Å². The van der Waals surface area contributed by atoms with Gasteiger partial charge in [-0.05, 0) is 30.7 Å². The Morgan fingerprint density at radius 1 is 1.26 bits per heavy atom. The maximum atomic E-state index is 11.5. The van der Waals surface area contributed by atoms with Gasteiger partial charge >= 0.3 is 6.09 Å². The molecule has 2 rings (SSSR count). The smallest absolute Gasteiger partial charge is 0.407 e. The van der Waals surface area contributed by atoms with E-state index in [2.05, 4.69) is 0 Å². The van der Waals surface area contributed by atoms with Gasteiger partial charge in [-0.15, -0.1) is 0 Å². The largest absolute Gasteiger partial charge is 0.465 e. The van der Waals surface area contributed by atoms with Gasteiger partial charge in [-0.25, -0.2) is 4.79 Å². The average Bonchev–Trinajstić information content (AvgIpc) is 2.45. The minimum absolute atomic E-state index is 0.0311. The molecule has 0 aromatic heterocycles. The Balaban J connectivity index is 2.05.